The van der Waals surface area contributed by atoms with Crippen molar-refractivity contribution in [2.24, 2.45) is 0 Å². The van der Waals surface area contributed by atoms with E-state index in [2.05, 4.69) is 26.2 Å². The number of ether oxygens (including phenoxy) is 1. The largest absolute Gasteiger partial charge is 0.398 e. The quantitative estimate of drug-likeness (QED) is 0.828. The summed E-state index contributed by atoms with van der Waals surface area (Å²) < 4.78 is 6.43. The molecule has 1 atom stereocenters. The van der Waals surface area contributed by atoms with Gasteiger partial charge in [-0.1, -0.05) is 0 Å². The fourth-order valence-electron chi connectivity index (χ4n) is 1.96. The Kier molecular flexibility index (Phi) is 4.61. The maximum absolute atomic E-state index is 5.98. The number of aromatic nitrogens is 1. The fraction of sp³-hybridized carbons (Fsp3) is 0.357. The molecule has 19 heavy (non-hydrogen) atoms. The highest BCUT2D eigenvalue weighted by Gasteiger charge is 2.07. The lowest BCUT2D eigenvalue weighted by Crippen LogP contribution is -2.20. The van der Waals surface area contributed by atoms with Gasteiger partial charge in [0.05, 0.1) is 17.3 Å². The van der Waals surface area contributed by atoms with E-state index in [1.807, 2.05) is 32.0 Å². The van der Waals surface area contributed by atoms with Crippen LogP contribution < -0.4 is 11.1 Å². The summed E-state index contributed by atoms with van der Waals surface area (Å²) >= 11 is 3.42. The van der Waals surface area contributed by atoms with E-state index in [0.717, 1.165) is 39.9 Å². The smallest absolute Gasteiger partial charge is 0.0954 e. The normalized spacial score (nSPS) is 12.6. The maximum atomic E-state index is 5.98. The molecule has 2 aromatic rings. The Morgan fingerprint density at radius 3 is 3.00 bits per heavy atom. The molecular formula is C14H18BrN3O. The summed E-state index contributed by atoms with van der Waals surface area (Å²) in [5.41, 5.74) is 8.57. The molecule has 2 rings (SSSR count). The van der Waals surface area contributed by atoms with Gasteiger partial charge in [-0.3, -0.25) is 4.98 Å². The number of nitrogens with two attached hydrogens (primary N) is 1. The molecule has 0 bridgehead atoms. The van der Waals surface area contributed by atoms with Crippen LogP contribution in [0.4, 0.5) is 11.4 Å². The molecule has 4 nitrogen and oxygen atoms in total. The van der Waals surface area contributed by atoms with Crippen LogP contribution in [0.3, 0.4) is 0 Å². The van der Waals surface area contributed by atoms with Crippen molar-refractivity contribution in [3.8, 4) is 0 Å². The van der Waals surface area contributed by atoms with E-state index in [0.29, 0.717) is 0 Å². The van der Waals surface area contributed by atoms with E-state index in [1.165, 1.54) is 0 Å². The number of nitrogens with zero attached hydrogens (tertiary/aromatic N) is 1. The van der Waals surface area contributed by atoms with Gasteiger partial charge in [0.2, 0.25) is 0 Å². The highest BCUT2D eigenvalue weighted by Crippen LogP contribution is 2.28. The number of benzene rings is 1. The zero-order chi connectivity index (χ0) is 13.8. The molecule has 1 aromatic heterocycles. The number of nitrogens with one attached hydrogen (secondary N) is 1. The van der Waals surface area contributed by atoms with Crippen LogP contribution in [-0.4, -0.2) is 24.2 Å². The van der Waals surface area contributed by atoms with E-state index in [9.17, 15) is 0 Å². The van der Waals surface area contributed by atoms with Crippen molar-refractivity contribution in [3.05, 3.63) is 28.9 Å². The summed E-state index contributed by atoms with van der Waals surface area (Å²) in [4.78, 5) is 4.44. The van der Waals surface area contributed by atoms with Crippen molar-refractivity contribution < 1.29 is 4.74 Å². The standard InChI is InChI=1S/C14H18BrN3O/c1-3-19-9(2)7-17-13-5-4-12(16)11-6-10(15)8-18-14(11)13/h4-6,8-9,17H,3,7,16H2,1-2H3. The average molecular weight is 324 g/mol. The Hall–Kier alpha value is -1.33. The first kappa shape index (κ1) is 14.1. The average Bonchev–Trinajstić information content (AvgIpc) is 2.39. The lowest BCUT2D eigenvalue weighted by atomic mass is 10.1. The lowest BCUT2D eigenvalue weighted by Gasteiger charge is -2.15. The van der Waals surface area contributed by atoms with Crippen LogP contribution in [-0.2, 0) is 4.74 Å². The van der Waals surface area contributed by atoms with Crippen LogP contribution >= 0.6 is 15.9 Å². The molecule has 3 N–H and O–H groups in total. The summed E-state index contributed by atoms with van der Waals surface area (Å²) in [5, 5.41) is 4.31. The summed E-state index contributed by atoms with van der Waals surface area (Å²) in [6, 6.07) is 5.83. The molecule has 102 valence electrons. The SMILES string of the molecule is CCOC(C)CNc1ccc(N)c2cc(Br)cnc12. The molecular weight excluding hydrogens is 306 g/mol. The van der Waals surface area contributed by atoms with Crippen molar-refractivity contribution in [3.63, 3.8) is 0 Å². The highest BCUT2D eigenvalue weighted by atomic mass is 79.9. The number of rotatable bonds is 5. The number of pyridine rings is 1. The van der Waals surface area contributed by atoms with Crippen LogP contribution in [0.2, 0.25) is 0 Å². The van der Waals surface area contributed by atoms with E-state index in [1.54, 1.807) is 6.20 Å². The van der Waals surface area contributed by atoms with Gasteiger partial charge in [0.1, 0.15) is 0 Å². The Bertz CT molecular complexity index is 574. The van der Waals surface area contributed by atoms with Crippen molar-refractivity contribution in [2.45, 2.75) is 20.0 Å². The summed E-state index contributed by atoms with van der Waals surface area (Å²) in [5.74, 6) is 0. The second-order valence-electron chi connectivity index (χ2n) is 4.40. The van der Waals surface area contributed by atoms with Gasteiger partial charge in [-0.2, -0.15) is 0 Å². The van der Waals surface area contributed by atoms with E-state index >= 15 is 0 Å². The topological polar surface area (TPSA) is 60.2 Å². The Balaban J connectivity index is 2.26. The minimum atomic E-state index is 0.160. The Morgan fingerprint density at radius 2 is 2.26 bits per heavy atom. The van der Waals surface area contributed by atoms with Gasteiger partial charge in [-0.05, 0) is 48.0 Å². The minimum absolute atomic E-state index is 0.160. The summed E-state index contributed by atoms with van der Waals surface area (Å²) in [6.45, 7) is 5.50. The number of halogens is 1. The van der Waals surface area contributed by atoms with Gasteiger partial charge in [-0.15, -0.1) is 0 Å². The van der Waals surface area contributed by atoms with Gasteiger partial charge >= 0.3 is 0 Å². The van der Waals surface area contributed by atoms with E-state index in [4.69, 9.17) is 10.5 Å². The molecule has 0 spiro atoms. The fourth-order valence-corrected chi connectivity index (χ4v) is 2.29. The molecule has 0 saturated carbocycles. The predicted molar refractivity (Wildman–Crippen MR) is 83.4 cm³/mol. The third kappa shape index (κ3) is 3.36. The van der Waals surface area contributed by atoms with E-state index < -0.39 is 0 Å². The van der Waals surface area contributed by atoms with Crippen LogP contribution in [0, 0.1) is 0 Å². The van der Waals surface area contributed by atoms with E-state index in [-0.39, 0.29) is 6.10 Å². The molecule has 1 heterocycles. The summed E-state index contributed by atoms with van der Waals surface area (Å²) in [6.07, 6.45) is 1.94. The third-order valence-corrected chi connectivity index (χ3v) is 3.31. The number of hydrogen-bond donors (Lipinski definition) is 2. The number of nitrogen functional groups attached to an aromatic ring is 1. The van der Waals surface area contributed by atoms with Crippen LogP contribution in [0.1, 0.15) is 13.8 Å². The number of hydrogen-bond acceptors (Lipinski definition) is 4. The Morgan fingerprint density at radius 1 is 1.47 bits per heavy atom. The van der Waals surface area contributed by atoms with Gasteiger partial charge in [0.15, 0.2) is 0 Å². The molecule has 0 saturated heterocycles. The second-order valence-corrected chi connectivity index (χ2v) is 5.31. The van der Waals surface area contributed by atoms with Crippen molar-refractivity contribution in [1.29, 1.82) is 0 Å². The number of anilines is 2. The van der Waals surface area contributed by atoms with Crippen LogP contribution in [0.25, 0.3) is 10.9 Å². The molecule has 0 aliphatic rings. The molecule has 0 amide bonds. The van der Waals surface area contributed by atoms with Gasteiger partial charge in [0, 0.05) is 34.9 Å². The third-order valence-electron chi connectivity index (χ3n) is 2.88. The first-order chi connectivity index (χ1) is 9.11. The van der Waals surface area contributed by atoms with Crippen LogP contribution in [0.15, 0.2) is 28.9 Å². The number of fused-ring (bicyclic) bond motifs is 1. The first-order valence-corrected chi connectivity index (χ1v) is 7.10. The summed E-state index contributed by atoms with van der Waals surface area (Å²) in [7, 11) is 0. The molecule has 1 aromatic carbocycles. The van der Waals surface area contributed by atoms with Crippen molar-refractivity contribution in [2.75, 3.05) is 24.2 Å². The van der Waals surface area contributed by atoms with Crippen molar-refractivity contribution in [1.82, 2.24) is 4.98 Å². The molecule has 0 aliphatic carbocycles. The lowest BCUT2D eigenvalue weighted by molar-refractivity contribution is 0.0855. The van der Waals surface area contributed by atoms with Crippen molar-refractivity contribution >= 4 is 38.2 Å². The second kappa shape index (κ2) is 6.21. The first-order valence-electron chi connectivity index (χ1n) is 6.31. The predicted octanol–water partition coefficient (Wildman–Crippen LogP) is 3.42. The van der Waals surface area contributed by atoms with Gasteiger partial charge in [0.25, 0.3) is 0 Å². The molecule has 5 heteroatoms. The zero-order valence-electron chi connectivity index (χ0n) is 11.1. The molecule has 0 radical (unpaired) electrons. The molecule has 0 fully saturated rings. The monoisotopic (exact) mass is 323 g/mol. The molecule has 0 aliphatic heterocycles. The minimum Gasteiger partial charge on any atom is -0.398 e. The molecule has 1 unspecified atom stereocenters. The van der Waals surface area contributed by atoms with Gasteiger partial charge < -0.3 is 15.8 Å². The Labute approximate surface area is 121 Å². The van der Waals surface area contributed by atoms with Gasteiger partial charge in [-0.25, -0.2) is 0 Å². The maximum Gasteiger partial charge on any atom is 0.0954 e. The highest BCUT2D eigenvalue weighted by molar-refractivity contribution is 9.10. The van der Waals surface area contributed by atoms with Crippen LogP contribution in [0.5, 0.6) is 0 Å². The zero-order valence-corrected chi connectivity index (χ0v) is 12.7.